The Hall–Kier alpha value is -3.72. The number of benzene rings is 2. The molecule has 1 fully saturated rings. The molecule has 3 aromatic rings. The Morgan fingerprint density at radius 2 is 1.94 bits per heavy atom. The normalized spacial score (nSPS) is 15.2. The molecule has 0 aliphatic carbocycles. The van der Waals surface area contributed by atoms with Crippen molar-refractivity contribution in [3.05, 3.63) is 80.8 Å². The molecule has 4 rings (SSSR count). The van der Waals surface area contributed by atoms with E-state index in [1.807, 2.05) is 0 Å². The van der Waals surface area contributed by atoms with Gasteiger partial charge >= 0.3 is 5.63 Å². The Labute approximate surface area is 179 Å². The summed E-state index contributed by atoms with van der Waals surface area (Å²) in [6, 6.07) is 12.0. The van der Waals surface area contributed by atoms with Crippen LogP contribution >= 0.6 is 11.8 Å². The van der Waals surface area contributed by atoms with Gasteiger partial charge in [0.2, 0.25) is 5.91 Å². The molecule has 0 spiro atoms. The molecule has 31 heavy (non-hydrogen) atoms. The maximum Gasteiger partial charge on any atom is 0.336 e. The maximum atomic E-state index is 13.8. The molecule has 2 heterocycles. The summed E-state index contributed by atoms with van der Waals surface area (Å²) < 4.78 is 19.0. The number of carbonyl (C=O) groups excluding carboxylic acids is 3. The largest absolute Gasteiger partial charge is 0.423 e. The molecular formula is C22H15FN2O5S. The number of aryl methyl sites for hydroxylation is 1. The molecule has 3 amide bonds. The van der Waals surface area contributed by atoms with Crippen LogP contribution in [0, 0.1) is 12.7 Å². The van der Waals surface area contributed by atoms with E-state index in [9.17, 15) is 23.6 Å². The van der Waals surface area contributed by atoms with E-state index in [1.54, 1.807) is 25.1 Å². The van der Waals surface area contributed by atoms with E-state index < -0.39 is 35.0 Å². The molecule has 0 unspecified atom stereocenters. The first-order valence-corrected chi connectivity index (χ1v) is 9.98. The van der Waals surface area contributed by atoms with E-state index in [0.717, 1.165) is 15.8 Å². The van der Waals surface area contributed by atoms with Gasteiger partial charge in [0.15, 0.2) is 0 Å². The second kappa shape index (κ2) is 8.19. The Kier molecular flexibility index (Phi) is 5.43. The minimum atomic E-state index is -0.673. The fraction of sp³-hybridized carbons (Fsp3) is 0.0909. The average Bonchev–Trinajstić information content (AvgIpc) is 2.96. The number of rotatable bonds is 4. The van der Waals surface area contributed by atoms with E-state index in [1.165, 1.54) is 36.4 Å². The first-order chi connectivity index (χ1) is 14.8. The summed E-state index contributed by atoms with van der Waals surface area (Å²) in [5, 5.41) is 2.68. The number of carbonyl (C=O) groups is 3. The van der Waals surface area contributed by atoms with Crippen LogP contribution in [0.15, 0.2) is 62.6 Å². The van der Waals surface area contributed by atoms with Gasteiger partial charge in [-0.1, -0.05) is 18.2 Å². The van der Waals surface area contributed by atoms with Crippen LogP contribution in [0.5, 0.6) is 0 Å². The summed E-state index contributed by atoms with van der Waals surface area (Å²) in [6.07, 6.45) is 1.28. The van der Waals surface area contributed by atoms with Gasteiger partial charge in [-0.3, -0.25) is 19.3 Å². The maximum absolute atomic E-state index is 13.8. The Bertz CT molecular complexity index is 1330. The van der Waals surface area contributed by atoms with Crippen LogP contribution in [0.2, 0.25) is 0 Å². The predicted molar refractivity (Wildman–Crippen MR) is 115 cm³/mol. The Morgan fingerprint density at radius 1 is 1.16 bits per heavy atom. The van der Waals surface area contributed by atoms with Gasteiger partial charge in [0.1, 0.15) is 17.9 Å². The number of amides is 3. The van der Waals surface area contributed by atoms with Gasteiger partial charge in [-0.15, -0.1) is 0 Å². The summed E-state index contributed by atoms with van der Waals surface area (Å²) in [7, 11) is 0. The van der Waals surface area contributed by atoms with E-state index in [0.29, 0.717) is 23.0 Å². The molecular weight excluding hydrogens is 423 g/mol. The lowest BCUT2D eigenvalue weighted by molar-refractivity contribution is -0.127. The molecule has 7 nitrogen and oxygen atoms in total. The first-order valence-electron chi connectivity index (χ1n) is 9.16. The molecule has 1 saturated heterocycles. The zero-order valence-electron chi connectivity index (χ0n) is 16.2. The van der Waals surface area contributed by atoms with Crippen LogP contribution in [0.4, 0.5) is 14.9 Å². The van der Waals surface area contributed by atoms with Crippen molar-refractivity contribution in [1.82, 2.24) is 4.90 Å². The molecule has 0 atom stereocenters. The molecule has 0 saturated carbocycles. The standard InChI is InChI=1S/C22H15FN2O5S/c1-12-8-20(27)30-17-10-14(6-7-15(12)17)24-19(26)11-25-21(28)18(31-22(25)29)9-13-4-2-3-5-16(13)23/h2-10H,11H2,1H3,(H,24,26)/b18-9-. The van der Waals surface area contributed by atoms with Gasteiger partial charge in [0.05, 0.1) is 4.91 Å². The fourth-order valence-electron chi connectivity index (χ4n) is 3.12. The van der Waals surface area contributed by atoms with Gasteiger partial charge in [-0.05, 0) is 48.5 Å². The molecule has 2 aromatic carbocycles. The lowest BCUT2D eigenvalue weighted by atomic mass is 10.1. The van der Waals surface area contributed by atoms with Crippen LogP contribution in [0.25, 0.3) is 17.0 Å². The predicted octanol–water partition coefficient (Wildman–Crippen LogP) is 3.92. The summed E-state index contributed by atoms with van der Waals surface area (Å²) in [5.74, 6) is -1.80. The third-order valence-electron chi connectivity index (χ3n) is 4.60. The molecule has 9 heteroatoms. The van der Waals surface area contributed by atoms with Gasteiger partial charge < -0.3 is 9.73 Å². The molecule has 1 aromatic heterocycles. The van der Waals surface area contributed by atoms with Gasteiger partial charge in [0.25, 0.3) is 11.1 Å². The monoisotopic (exact) mass is 438 g/mol. The van der Waals surface area contributed by atoms with Crippen molar-refractivity contribution >= 4 is 51.5 Å². The Balaban J connectivity index is 1.49. The fourth-order valence-corrected chi connectivity index (χ4v) is 3.95. The van der Waals surface area contributed by atoms with Gasteiger partial charge in [0, 0.05) is 28.8 Å². The van der Waals surface area contributed by atoms with Crippen LogP contribution in [0.1, 0.15) is 11.1 Å². The topological polar surface area (TPSA) is 96.7 Å². The summed E-state index contributed by atoms with van der Waals surface area (Å²) in [5.41, 5.74) is 1.06. The number of hydrogen-bond donors (Lipinski definition) is 1. The lowest BCUT2D eigenvalue weighted by Gasteiger charge is -2.12. The van der Waals surface area contributed by atoms with E-state index >= 15 is 0 Å². The first kappa shape index (κ1) is 20.5. The highest BCUT2D eigenvalue weighted by atomic mass is 32.2. The van der Waals surface area contributed by atoms with Crippen molar-refractivity contribution < 1.29 is 23.2 Å². The highest BCUT2D eigenvalue weighted by Gasteiger charge is 2.36. The third-order valence-corrected chi connectivity index (χ3v) is 5.51. The van der Waals surface area contributed by atoms with Crippen LogP contribution < -0.4 is 10.9 Å². The second-order valence-corrected chi connectivity index (χ2v) is 7.79. The molecule has 0 bridgehead atoms. The molecule has 156 valence electrons. The van der Waals surface area contributed by atoms with Gasteiger partial charge in [-0.25, -0.2) is 9.18 Å². The van der Waals surface area contributed by atoms with Gasteiger partial charge in [-0.2, -0.15) is 0 Å². The zero-order chi connectivity index (χ0) is 22.1. The number of fused-ring (bicyclic) bond motifs is 1. The minimum absolute atomic E-state index is 0.0332. The van der Waals surface area contributed by atoms with Crippen LogP contribution in [-0.4, -0.2) is 28.5 Å². The smallest absolute Gasteiger partial charge is 0.336 e. The van der Waals surface area contributed by atoms with E-state index in [2.05, 4.69) is 5.32 Å². The molecule has 1 aliphatic heterocycles. The highest BCUT2D eigenvalue weighted by Crippen LogP contribution is 2.32. The number of imide groups is 1. The molecule has 1 N–H and O–H groups in total. The number of nitrogens with zero attached hydrogens (tertiary/aromatic N) is 1. The summed E-state index contributed by atoms with van der Waals surface area (Å²) in [6.45, 7) is 1.27. The van der Waals surface area contributed by atoms with Crippen molar-refractivity contribution in [3.63, 3.8) is 0 Å². The number of halogens is 1. The molecule has 1 aliphatic rings. The average molecular weight is 438 g/mol. The number of nitrogens with one attached hydrogen (secondary N) is 1. The minimum Gasteiger partial charge on any atom is -0.423 e. The van der Waals surface area contributed by atoms with Crippen LogP contribution in [0.3, 0.4) is 0 Å². The van der Waals surface area contributed by atoms with Crippen molar-refractivity contribution in [3.8, 4) is 0 Å². The third kappa shape index (κ3) is 4.26. The van der Waals surface area contributed by atoms with Crippen molar-refractivity contribution in [2.24, 2.45) is 0 Å². The summed E-state index contributed by atoms with van der Waals surface area (Å²) in [4.78, 5) is 49.5. The summed E-state index contributed by atoms with van der Waals surface area (Å²) >= 11 is 0.641. The van der Waals surface area contributed by atoms with E-state index in [-0.39, 0.29) is 10.5 Å². The number of anilines is 1. The number of thioether (sulfide) groups is 1. The second-order valence-electron chi connectivity index (χ2n) is 6.80. The lowest BCUT2D eigenvalue weighted by Crippen LogP contribution is -2.36. The van der Waals surface area contributed by atoms with Crippen molar-refractivity contribution in [1.29, 1.82) is 0 Å². The van der Waals surface area contributed by atoms with Crippen LogP contribution in [-0.2, 0) is 9.59 Å². The van der Waals surface area contributed by atoms with E-state index in [4.69, 9.17) is 4.42 Å². The Morgan fingerprint density at radius 3 is 2.71 bits per heavy atom. The zero-order valence-corrected chi connectivity index (χ0v) is 17.0. The molecule has 0 radical (unpaired) electrons. The SMILES string of the molecule is Cc1cc(=O)oc2cc(NC(=O)CN3C(=O)S/C(=C\c4ccccc4F)C3=O)ccc12. The van der Waals surface area contributed by atoms with Crippen molar-refractivity contribution in [2.75, 3.05) is 11.9 Å². The van der Waals surface area contributed by atoms with Crippen molar-refractivity contribution in [2.45, 2.75) is 6.92 Å². The number of hydrogen-bond acceptors (Lipinski definition) is 6. The highest BCUT2D eigenvalue weighted by molar-refractivity contribution is 8.18. The quantitative estimate of drug-likeness (QED) is 0.490.